The van der Waals surface area contributed by atoms with E-state index in [1.165, 1.54) is 4.90 Å². The number of fused-ring (bicyclic) bond motifs is 2. The van der Waals surface area contributed by atoms with Crippen LogP contribution in [0.2, 0.25) is 0 Å². The first-order chi connectivity index (χ1) is 12.8. The number of aryl methyl sites for hydroxylation is 2. The van der Waals surface area contributed by atoms with Crippen molar-refractivity contribution in [3.63, 3.8) is 0 Å². The molecule has 1 N–H and O–H groups in total. The highest BCUT2D eigenvalue weighted by Gasteiger charge is 2.49. The molecular weight excluding hydrogens is 344 g/mol. The summed E-state index contributed by atoms with van der Waals surface area (Å²) in [6.45, 7) is 4.99. The van der Waals surface area contributed by atoms with Gasteiger partial charge in [-0.2, -0.15) is 0 Å². The van der Waals surface area contributed by atoms with E-state index in [-0.39, 0.29) is 35.8 Å². The molecule has 7 heteroatoms. The Morgan fingerprint density at radius 2 is 1.96 bits per heavy atom. The lowest BCUT2D eigenvalue weighted by Crippen LogP contribution is -2.58. The Bertz CT molecular complexity index is 788. The molecule has 1 aromatic rings. The molecule has 144 valence electrons. The summed E-state index contributed by atoms with van der Waals surface area (Å²) in [6.07, 6.45) is 3.96. The van der Waals surface area contributed by atoms with Crippen molar-refractivity contribution in [3.05, 3.63) is 29.1 Å². The number of hydrogen-bond acceptors (Lipinski definition) is 4. The predicted octanol–water partition coefficient (Wildman–Crippen LogP) is 1.91. The lowest BCUT2D eigenvalue weighted by atomic mass is 9.79. The highest BCUT2D eigenvalue weighted by Crippen LogP contribution is 2.39. The van der Waals surface area contributed by atoms with Gasteiger partial charge in [-0.1, -0.05) is 6.42 Å². The molecule has 2 aliphatic heterocycles. The van der Waals surface area contributed by atoms with Crippen LogP contribution in [0.25, 0.3) is 0 Å². The number of nitrogens with one attached hydrogen (secondary N) is 1. The Morgan fingerprint density at radius 3 is 2.70 bits per heavy atom. The second-order valence-corrected chi connectivity index (χ2v) is 8.26. The first kappa shape index (κ1) is 17.9. The standard InChI is InChI=1S/C20H26N4O3/c1-13-8-15(9-14(2)21-13)11-24-17(25)5-7-23(19(24)27)12-20-6-3-4-16(10-20)18(26)22-20/h8-9,16H,3-7,10-12H2,1-2H3,(H,22,26). The summed E-state index contributed by atoms with van der Waals surface area (Å²) >= 11 is 0. The Labute approximate surface area is 159 Å². The highest BCUT2D eigenvalue weighted by molar-refractivity contribution is 5.96. The lowest BCUT2D eigenvalue weighted by Gasteiger charge is -2.41. The Hall–Kier alpha value is -2.44. The summed E-state index contributed by atoms with van der Waals surface area (Å²) in [5, 5.41) is 3.14. The lowest BCUT2D eigenvalue weighted by molar-refractivity contribution is -0.132. The maximum absolute atomic E-state index is 13.0. The number of rotatable bonds is 4. The van der Waals surface area contributed by atoms with E-state index < -0.39 is 0 Å². The van der Waals surface area contributed by atoms with Crippen LogP contribution in [0, 0.1) is 19.8 Å². The third-order valence-electron chi connectivity index (χ3n) is 5.98. The zero-order chi connectivity index (χ0) is 19.2. The molecule has 3 aliphatic rings. The molecule has 1 aromatic heterocycles. The van der Waals surface area contributed by atoms with E-state index in [0.717, 1.165) is 42.6 Å². The Morgan fingerprint density at radius 1 is 1.22 bits per heavy atom. The number of carbonyl (C=O) groups excluding carboxylic acids is 3. The largest absolute Gasteiger partial charge is 0.349 e. The zero-order valence-electron chi connectivity index (χ0n) is 16.0. The van der Waals surface area contributed by atoms with E-state index in [1.807, 2.05) is 26.0 Å². The van der Waals surface area contributed by atoms with E-state index in [4.69, 9.17) is 0 Å². The SMILES string of the molecule is Cc1cc(CN2C(=O)CCN(CC34CCCC(C3)C(=O)N4)C2=O)cc(C)n1. The summed E-state index contributed by atoms with van der Waals surface area (Å²) < 4.78 is 0. The molecular formula is C20H26N4O3. The van der Waals surface area contributed by atoms with Crippen molar-refractivity contribution in [2.24, 2.45) is 5.92 Å². The number of hydrogen-bond donors (Lipinski definition) is 1. The number of pyridine rings is 1. The third kappa shape index (κ3) is 3.42. The quantitative estimate of drug-likeness (QED) is 0.878. The number of amides is 4. The van der Waals surface area contributed by atoms with Crippen molar-refractivity contribution in [2.75, 3.05) is 13.1 Å². The van der Waals surface area contributed by atoms with Crippen LogP contribution in [0.5, 0.6) is 0 Å². The summed E-state index contributed by atoms with van der Waals surface area (Å²) in [7, 11) is 0. The van der Waals surface area contributed by atoms with Crippen LogP contribution in [-0.4, -0.2) is 51.3 Å². The monoisotopic (exact) mass is 370 g/mol. The summed E-state index contributed by atoms with van der Waals surface area (Å²) in [5.41, 5.74) is 2.35. The molecule has 0 spiro atoms. The van der Waals surface area contributed by atoms with Crippen molar-refractivity contribution in [1.29, 1.82) is 0 Å². The highest BCUT2D eigenvalue weighted by atomic mass is 16.2. The van der Waals surface area contributed by atoms with Gasteiger partial charge in [-0.3, -0.25) is 19.5 Å². The van der Waals surface area contributed by atoms with Crippen LogP contribution in [0.3, 0.4) is 0 Å². The fourth-order valence-corrected chi connectivity index (χ4v) is 4.85. The second kappa shape index (κ2) is 6.62. The molecule has 0 aromatic carbocycles. The molecule has 2 atom stereocenters. The average Bonchev–Trinajstić information content (AvgIpc) is 2.82. The van der Waals surface area contributed by atoms with Gasteiger partial charge in [0.1, 0.15) is 0 Å². The summed E-state index contributed by atoms with van der Waals surface area (Å²) in [4.78, 5) is 45.0. The van der Waals surface area contributed by atoms with Gasteiger partial charge in [-0.15, -0.1) is 0 Å². The molecule has 2 saturated heterocycles. The van der Waals surface area contributed by atoms with Gasteiger partial charge in [0, 0.05) is 36.8 Å². The number of nitrogens with zero attached hydrogens (tertiary/aromatic N) is 3. The third-order valence-corrected chi connectivity index (χ3v) is 5.98. The van der Waals surface area contributed by atoms with Gasteiger partial charge in [0.25, 0.3) is 0 Å². The van der Waals surface area contributed by atoms with E-state index in [1.54, 1.807) is 4.90 Å². The van der Waals surface area contributed by atoms with Gasteiger partial charge >= 0.3 is 6.03 Å². The molecule has 0 radical (unpaired) electrons. The predicted molar refractivity (Wildman–Crippen MR) is 98.7 cm³/mol. The van der Waals surface area contributed by atoms with Gasteiger partial charge in [0.05, 0.1) is 12.1 Å². The fraction of sp³-hybridized carbons (Fsp3) is 0.600. The normalized spacial score (nSPS) is 27.9. The van der Waals surface area contributed by atoms with Crippen molar-refractivity contribution in [2.45, 2.75) is 58.0 Å². The minimum atomic E-state index is -0.314. The molecule has 2 bridgehead atoms. The maximum atomic E-state index is 13.0. The van der Waals surface area contributed by atoms with Crippen LogP contribution < -0.4 is 5.32 Å². The van der Waals surface area contributed by atoms with Crippen molar-refractivity contribution in [1.82, 2.24) is 20.1 Å². The van der Waals surface area contributed by atoms with E-state index in [2.05, 4.69) is 10.3 Å². The van der Waals surface area contributed by atoms with Crippen LogP contribution >= 0.6 is 0 Å². The summed E-state index contributed by atoms with van der Waals surface area (Å²) in [5.74, 6) is 0.0598. The number of carbonyl (C=O) groups is 3. The molecule has 4 rings (SSSR count). The molecule has 4 amide bonds. The average molecular weight is 370 g/mol. The van der Waals surface area contributed by atoms with Gasteiger partial charge in [-0.05, 0) is 50.8 Å². The van der Waals surface area contributed by atoms with Crippen molar-refractivity contribution in [3.8, 4) is 0 Å². The number of aromatic nitrogens is 1. The summed E-state index contributed by atoms with van der Waals surface area (Å²) in [6, 6.07) is 3.57. The van der Waals surface area contributed by atoms with Crippen LogP contribution in [0.4, 0.5) is 4.79 Å². The number of imide groups is 1. The Kier molecular flexibility index (Phi) is 4.40. The van der Waals surface area contributed by atoms with Gasteiger partial charge in [0.15, 0.2) is 0 Å². The molecule has 7 nitrogen and oxygen atoms in total. The molecule has 1 aliphatic carbocycles. The maximum Gasteiger partial charge on any atom is 0.327 e. The molecule has 27 heavy (non-hydrogen) atoms. The van der Waals surface area contributed by atoms with Gasteiger partial charge in [0.2, 0.25) is 11.8 Å². The van der Waals surface area contributed by atoms with E-state index in [0.29, 0.717) is 19.5 Å². The first-order valence-electron chi connectivity index (χ1n) is 9.71. The second-order valence-electron chi connectivity index (χ2n) is 8.26. The van der Waals surface area contributed by atoms with Crippen LogP contribution in [0.15, 0.2) is 12.1 Å². The van der Waals surface area contributed by atoms with Crippen LogP contribution in [-0.2, 0) is 16.1 Å². The van der Waals surface area contributed by atoms with E-state index in [9.17, 15) is 14.4 Å². The smallest absolute Gasteiger partial charge is 0.327 e. The van der Waals surface area contributed by atoms with Gasteiger partial charge < -0.3 is 10.2 Å². The Balaban J connectivity index is 1.50. The van der Waals surface area contributed by atoms with Crippen LogP contribution in [0.1, 0.15) is 49.1 Å². The minimum Gasteiger partial charge on any atom is -0.349 e. The van der Waals surface area contributed by atoms with Crippen molar-refractivity contribution >= 4 is 17.8 Å². The van der Waals surface area contributed by atoms with Crippen molar-refractivity contribution < 1.29 is 14.4 Å². The zero-order valence-corrected chi connectivity index (χ0v) is 16.0. The molecule has 2 unspecified atom stereocenters. The first-order valence-corrected chi connectivity index (χ1v) is 9.71. The molecule has 1 saturated carbocycles. The fourth-order valence-electron chi connectivity index (χ4n) is 4.85. The number of urea groups is 1. The molecule has 3 fully saturated rings. The topological polar surface area (TPSA) is 82.6 Å². The molecule has 3 heterocycles. The van der Waals surface area contributed by atoms with E-state index >= 15 is 0 Å². The van der Waals surface area contributed by atoms with Gasteiger partial charge in [-0.25, -0.2) is 4.79 Å². The minimum absolute atomic E-state index is 0.0825.